The molecular weight excluding hydrogens is 200 g/mol. The number of anilines is 1. The molecule has 2 heterocycles. The molecule has 4 nitrogen and oxygen atoms in total. The van der Waals surface area contributed by atoms with Gasteiger partial charge in [0, 0.05) is 36.7 Å². The van der Waals surface area contributed by atoms with Crippen LogP contribution in [0.15, 0.2) is 41.7 Å². The van der Waals surface area contributed by atoms with E-state index < -0.39 is 0 Å². The van der Waals surface area contributed by atoms with E-state index in [2.05, 4.69) is 27.1 Å². The summed E-state index contributed by atoms with van der Waals surface area (Å²) in [6, 6.07) is 6.24. The molecule has 0 unspecified atom stereocenters. The molecule has 0 atom stereocenters. The Hall–Kier alpha value is -2.10. The zero-order valence-electron chi connectivity index (χ0n) is 9.04. The van der Waals surface area contributed by atoms with E-state index in [0.717, 1.165) is 16.6 Å². The van der Waals surface area contributed by atoms with Crippen molar-refractivity contribution in [2.75, 3.05) is 11.6 Å². The Labute approximate surface area is 93.5 Å². The van der Waals surface area contributed by atoms with Gasteiger partial charge in [0.05, 0.1) is 5.52 Å². The van der Waals surface area contributed by atoms with Crippen LogP contribution in [0, 0.1) is 0 Å². The monoisotopic (exact) mass is 212 g/mol. The lowest BCUT2D eigenvalue weighted by Gasteiger charge is -2.19. The predicted octanol–water partition coefficient (Wildman–Crippen LogP) is 1.94. The van der Waals surface area contributed by atoms with Crippen LogP contribution in [0.5, 0.6) is 0 Å². The van der Waals surface area contributed by atoms with Crippen LogP contribution in [0.25, 0.3) is 10.9 Å². The molecule has 3 rings (SSSR count). The minimum atomic E-state index is 0.683. The summed E-state index contributed by atoms with van der Waals surface area (Å²) in [5, 5.41) is 5.51. The molecule has 1 aliphatic heterocycles. The Balaban J connectivity index is 2.04. The van der Waals surface area contributed by atoms with E-state index in [-0.39, 0.29) is 0 Å². The van der Waals surface area contributed by atoms with Gasteiger partial charge in [-0.2, -0.15) is 5.10 Å². The first-order valence-corrected chi connectivity index (χ1v) is 5.19. The van der Waals surface area contributed by atoms with Crippen LogP contribution < -0.4 is 4.90 Å². The maximum atomic E-state index is 4.35. The molecule has 0 fully saturated rings. The van der Waals surface area contributed by atoms with Crippen molar-refractivity contribution in [3.8, 4) is 0 Å². The number of hydrogen-bond acceptors (Lipinski definition) is 3. The molecule has 4 heteroatoms. The first-order chi connectivity index (χ1) is 7.83. The predicted molar refractivity (Wildman–Crippen MR) is 65.7 cm³/mol. The summed E-state index contributed by atoms with van der Waals surface area (Å²) >= 11 is 0. The SMILES string of the molecule is Cn1cc2cc(N3C=CC=NC3)ccc2n1. The summed E-state index contributed by atoms with van der Waals surface area (Å²) in [5.74, 6) is 0. The van der Waals surface area contributed by atoms with Crippen LogP contribution in [0.4, 0.5) is 5.69 Å². The molecule has 1 aromatic heterocycles. The van der Waals surface area contributed by atoms with Gasteiger partial charge in [-0.15, -0.1) is 0 Å². The summed E-state index contributed by atoms with van der Waals surface area (Å²) in [6.07, 6.45) is 7.82. The molecule has 0 saturated carbocycles. The molecule has 0 radical (unpaired) electrons. The summed E-state index contributed by atoms with van der Waals surface area (Å²) < 4.78 is 1.83. The van der Waals surface area contributed by atoms with Crippen molar-refractivity contribution in [1.82, 2.24) is 9.78 Å². The third-order valence-corrected chi connectivity index (χ3v) is 2.63. The number of aromatic nitrogens is 2. The lowest BCUT2D eigenvalue weighted by molar-refractivity contribution is 0.780. The van der Waals surface area contributed by atoms with Crippen molar-refractivity contribution >= 4 is 22.8 Å². The average molecular weight is 212 g/mol. The van der Waals surface area contributed by atoms with Crippen molar-refractivity contribution in [3.63, 3.8) is 0 Å². The van der Waals surface area contributed by atoms with Crippen LogP contribution in [0.2, 0.25) is 0 Å². The van der Waals surface area contributed by atoms with Crippen LogP contribution >= 0.6 is 0 Å². The summed E-state index contributed by atoms with van der Waals surface area (Å²) in [6.45, 7) is 0.683. The lowest BCUT2D eigenvalue weighted by Crippen LogP contribution is -2.17. The van der Waals surface area contributed by atoms with E-state index in [0.29, 0.717) is 6.67 Å². The summed E-state index contributed by atoms with van der Waals surface area (Å²) in [4.78, 5) is 6.32. The van der Waals surface area contributed by atoms with Crippen molar-refractivity contribution in [3.05, 3.63) is 36.7 Å². The second kappa shape index (κ2) is 3.48. The van der Waals surface area contributed by atoms with Gasteiger partial charge >= 0.3 is 0 Å². The number of allylic oxidation sites excluding steroid dienone is 1. The van der Waals surface area contributed by atoms with Crippen LogP contribution in [0.3, 0.4) is 0 Å². The maximum absolute atomic E-state index is 4.35. The van der Waals surface area contributed by atoms with Gasteiger partial charge in [0.25, 0.3) is 0 Å². The topological polar surface area (TPSA) is 33.4 Å². The van der Waals surface area contributed by atoms with E-state index in [9.17, 15) is 0 Å². The van der Waals surface area contributed by atoms with Crippen LogP contribution in [-0.2, 0) is 7.05 Å². The molecule has 0 aliphatic carbocycles. The lowest BCUT2D eigenvalue weighted by atomic mass is 10.2. The van der Waals surface area contributed by atoms with Crippen LogP contribution in [0.1, 0.15) is 0 Å². The molecule has 0 N–H and O–H groups in total. The molecular formula is C12H12N4. The highest BCUT2D eigenvalue weighted by Crippen LogP contribution is 2.21. The minimum Gasteiger partial charge on any atom is -0.328 e. The number of aryl methyl sites for hydroxylation is 1. The highest BCUT2D eigenvalue weighted by molar-refractivity contribution is 5.83. The third kappa shape index (κ3) is 1.48. The van der Waals surface area contributed by atoms with E-state index in [4.69, 9.17) is 0 Å². The summed E-state index contributed by atoms with van der Waals surface area (Å²) in [5.41, 5.74) is 2.17. The van der Waals surface area contributed by atoms with Crippen molar-refractivity contribution in [1.29, 1.82) is 0 Å². The molecule has 1 aliphatic rings. The first kappa shape index (κ1) is 9.15. The second-order valence-electron chi connectivity index (χ2n) is 3.83. The van der Waals surface area contributed by atoms with Gasteiger partial charge < -0.3 is 4.90 Å². The molecule has 1 aromatic carbocycles. The highest BCUT2D eigenvalue weighted by Gasteiger charge is 2.06. The number of aliphatic imine (C=N–C) groups is 1. The number of fused-ring (bicyclic) bond motifs is 1. The van der Waals surface area contributed by atoms with E-state index >= 15 is 0 Å². The largest absolute Gasteiger partial charge is 0.328 e. The van der Waals surface area contributed by atoms with Gasteiger partial charge in [0.1, 0.15) is 6.67 Å². The van der Waals surface area contributed by atoms with Gasteiger partial charge in [-0.1, -0.05) is 0 Å². The Kier molecular flexibility index (Phi) is 1.99. The summed E-state index contributed by atoms with van der Waals surface area (Å²) in [7, 11) is 1.94. The normalized spacial score (nSPS) is 14.9. The second-order valence-corrected chi connectivity index (χ2v) is 3.83. The quantitative estimate of drug-likeness (QED) is 0.723. The fourth-order valence-electron chi connectivity index (χ4n) is 1.87. The third-order valence-electron chi connectivity index (χ3n) is 2.63. The van der Waals surface area contributed by atoms with Gasteiger partial charge in [0.2, 0.25) is 0 Å². The highest BCUT2D eigenvalue weighted by atomic mass is 15.2. The molecule has 0 saturated heterocycles. The van der Waals surface area contributed by atoms with Crippen molar-refractivity contribution < 1.29 is 0 Å². The standard InChI is InChI=1S/C12H12N4/c1-15-8-10-7-11(3-4-12(10)14-15)16-6-2-5-13-9-16/h2-8H,9H2,1H3. The number of nitrogens with zero attached hydrogens (tertiary/aromatic N) is 4. The molecule has 0 spiro atoms. The van der Waals surface area contributed by atoms with Gasteiger partial charge in [-0.3, -0.25) is 9.67 Å². The minimum absolute atomic E-state index is 0.683. The molecule has 0 amide bonds. The Bertz CT molecular complexity index is 580. The molecule has 2 aromatic rings. The van der Waals surface area contributed by atoms with E-state index in [1.54, 1.807) is 0 Å². The van der Waals surface area contributed by atoms with Crippen molar-refractivity contribution in [2.24, 2.45) is 12.0 Å². The number of hydrogen-bond donors (Lipinski definition) is 0. The van der Waals surface area contributed by atoms with Gasteiger partial charge in [-0.05, 0) is 24.3 Å². The fraction of sp³-hybridized carbons (Fsp3) is 0.167. The first-order valence-electron chi connectivity index (χ1n) is 5.19. The zero-order chi connectivity index (χ0) is 11.0. The fourth-order valence-corrected chi connectivity index (χ4v) is 1.87. The van der Waals surface area contributed by atoms with E-state index in [1.807, 2.05) is 42.5 Å². The molecule has 0 bridgehead atoms. The van der Waals surface area contributed by atoms with Gasteiger partial charge in [-0.25, -0.2) is 0 Å². The average Bonchev–Trinajstić information content (AvgIpc) is 2.69. The Morgan fingerprint density at radius 1 is 1.31 bits per heavy atom. The zero-order valence-corrected chi connectivity index (χ0v) is 9.04. The number of benzene rings is 1. The van der Waals surface area contributed by atoms with Crippen molar-refractivity contribution in [2.45, 2.75) is 0 Å². The maximum Gasteiger partial charge on any atom is 0.114 e. The Morgan fingerprint density at radius 3 is 3.06 bits per heavy atom. The van der Waals surface area contributed by atoms with E-state index in [1.165, 1.54) is 0 Å². The Morgan fingerprint density at radius 2 is 2.25 bits per heavy atom. The van der Waals surface area contributed by atoms with Crippen LogP contribution in [-0.4, -0.2) is 22.7 Å². The number of rotatable bonds is 1. The molecule has 80 valence electrons. The molecule has 16 heavy (non-hydrogen) atoms. The smallest absolute Gasteiger partial charge is 0.114 e. The van der Waals surface area contributed by atoms with Gasteiger partial charge in [0.15, 0.2) is 0 Å².